The fraction of sp³-hybridized carbons (Fsp3) is 0.524. The van der Waals surface area contributed by atoms with Gasteiger partial charge in [0.1, 0.15) is 5.82 Å². The van der Waals surface area contributed by atoms with Crippen LogP contribution in [0, 0.1) is 0 Å². The molecule has 3 aliphatic rings. The van der Waals surface area contributed by atoms with E-state index in [1.807, 2.05) is 0 Å². The van der Waals surface area contributed by atoms with E-state index in [1.165, 1.54) is 15.7 Å². The molecule has 0 bridgehead atoms. The second-order valence-corrected chi connectivity index (χ2v) is 8.02. The molecule has 0 unspecified atom stereocenters. The van der Waals surface area contributed by atoms with Crippen LogP contribution in [0.1, 0.15) is 54.8 Å². The molecule has 142 valence electrons. The minimum atomic E-state index is -0.306. The number of hydrogen-bond acceptors (Lipinski definition) is 4. The van der Waals surface area contributed by atoms with E-state index in [9.17, 15) is 9.59 Å². The Balaban J connectivity index is 1.57. The number of nitrogens with zero attached hydrogens (tertiary/aromatic N) is 1. The molecule has 1 aromatic carbocycles. The Bertz CT molecular complexity index is 987. The third kappa shape index (κ3) is 2.65. The van der Waals surface area contributed by atoms with Crippen molar-refractivity contribution in [3.63, 3.8) is 0 Å². The normalized spacial score (nSPS) is 24.9. The predicted octanol–water partition coefficient (Wildman–Crippen LogP) is 2.48. The highest BCUT2D eigenvalue weighted by Crippen LogP contribution is 2.43. The number of H-pyrrole nitrogens is 1. The van der Waals surface area contributed by atoms with Gasteiger partial charge in [0.25, 0.3) is 5.56 Å². The predicted molar refractivity (Wildman–Crippen MR) is 103 cm³/mol. The highest BCUT2D eigenvalue weighted by Gasteiger charge is 2.40. The first-order valence-electron chi connectivity index (χ1n) is 10.00. The second kappa shape index (κ2) is 6.37. The number of nitrogens with one attached hydrogen (secondary N) is 2. The smallest absolute Gasteiger partial charge is 0.330 e. The molecule has 2 aromatic rings. The largest absolute Gasteiger partial charge is 0.381 e. The second-order valence-electron chi connectivity index (χ2n) is 8.02. The Morgan fingerprint density at radius 3 is 2.74 bits per heavy atom. The standard InChI is InChI=1S/C21H25N3O3/c25-19-16-7-11-21(10-3-5-14-4-1-2-6-17(14)21)23-18(16)22-20(26)24(19)15-8-12-27-13-9-15/h1-2,4,6,15,23H,3,5,7-13H2,(H,22,26)/t21-/m1/s1. The van der Waals surface area contributed by atoms with E-state index in [2.05, 4.69) is 34.6 Å². The van der Waals surface area contributed by atoms with Crippen molar-refractivity contribution in [3.8, 4) is 0 Å². The van der Waals surface area contributed by atoms with Gasteiger partial charge in [-0.15, -0.1) is 0 Å². The Morgan fingerprint density at radius 2 is 1.89 bits per heavy atom. The molecule has 0 saturated carbocycles. The zero-order chi connectivity index (χ0) is 18.4. The molecule has 1 saturated heterocycles. The summed E-state index contributed by atoms with van der Waals surface area (Å²) in [6, 6.07) is 8.48. The van der Waals surface area contributed by atoms with Crippen molar-refractivity contribution >= 4 is 5.82 Å². The maximum atomic E-state index is 13.1. The van der Waals surface area contributed by atoms with Gasteiger partial charge in [-0.3, -0.25) is 14.3 Å². The summed E-state index contributed by atoms with van der Waals surface area (Å²) in [6.45, 7) is 1.21. The third-order valence-electron chi connectivity index (χ3n) is 6.53. The van der Waals surface area contributed by atoms with Gasteiger partial charge in [-0.05, 0) is 56.1 Å². The molecule has 3 heterocycles. The molecule has 6 heteroatoms. The summed E-state index contributed by atoms with van der Waals surface area (Å²) < 4.78 is 6.81. The molecule has 1 spiro atoms. The molecule has 0 radical (unpaired) electrons. The van der Waals surface area contributed by atoms with E-state index in [1.54, 1.807) is 0 Å². The van der Waals surface area contributed by atoms with Crippen molar-refractivity contribution < 1.29 is 4.74 Å². The van der Waals surface area contributed by atoms with Gasteiger partial charge >= 0.3 is 5.69 Å². The van der Waals surface area contributed by atoms with Crippen molar-refractivity contribution in [3.05, 3.63) is 61.8 Å². The van der Waals surface area contributed by atoms with E-state index in [0.29, 0.717) is 38.3 Å². The number of hydrogen-bond donors (Lipinski definition) is 2. The Morgan fingerprint density at radius 1 is 1.07 bits per heavy atom. The maximum Gasteiger partial charge on any atom is 0.330 e. The van der Waals surface area contributed by atoms with Crippen molar-refractivity contribution in [2.24, 2.45) is 0 Å². The first-order valence-corrected chi connectivity index (χ1v) is 10.00. The lowest BCUT2D eigenvalue weighted by molar-refractivity contribution is 0.0673. The van der Waals surface area contributed by atoms with Crippen molar-refractivity contribution in [2.75, 3.05) is 18.5 Å². The molecular weight excluding hydrogens is 342 g/mol. The molecule has 1 atom stereocenters. The molecule has 5 rings (SSSR count). The van der Waals surface area contributed by atoms with E-state index >= 15 is 0 Å². The highest BCUT2D eigenvalue weighted by molar-refractivity contribution is 5.53. The number of fused-ring (bicyclic) bond motifs is 3. The van der Waals surface area contributed by atoms with Crippen LogP contribution in [-0.4, -0.2) is 22.8 Å². The summed E-state index contributed by atoms with van der Waals surface area (Å²) in [6.07, 6.45) is 6.23. The number of ether oxygens (including phenoxy) is 1. The van der Waals surface area contributed by atoms with Gasteiger partial charge in [-0.2, -0.15) is 0 Å². The fourth-order valence-electron chi connectivity index (χ4n) is 5.15. The lowest BCUT2D eigenvalue weighted by Gasteiger charge is -2.43. The lowest BCUT2D eigenvalue weighted by atomic mass is 9.72. The first-order chi connectivity index (χ1) is 13.2. The van der Waals surface area contributed by atoms with E-state index in [-0.39, 0.29) is 22.8 Å². The van der Waals surface area contributed by atoms with Gasteiger partial charge in [0.05, 0.1) is 11.1 Å². The minimum Gasteiger partial charge on any atom is -0.381 e. The topological polar surface area (TPSA) is 76.1 Å². The van der Waals surface area contributed by atoms with Crippen LogP contribution in [0.2, 0.25) is 0 Å². The van der Waals surface area contributed by atoms with E-state index in [4.69, 9.17) is 4.74 Å². The first kappa shape index (κ1) is 16.8. The van der Waals surface area contributed by atoms with Crippen LogP contribution in [0.3, 0.4) is 0 Å². The van der Waals surface area contributed by atoms with Crippen LogP contribution >= 0.6 is 0 Å². The van der Waals surface area contributed by atoms with Crippen LogP contribution in [0.5, 0.6) is 0 Å². The van der Waals surface area contributed by atoms with Crippen LogP contribution in [0.15, 0.2) is 33.9 Å². The molecule has 1 aromatic heterocycles. The number of rotatable bonds is 1. The highest BCUT2D eigenvalue weighted by atomic mass is 16.5. The summed E-state index contributed by atoms with van der Waals surface area (Å²) in [5.41, 5.74) is 2.79. The number of aromatic amines is 1. The molecular formula is C21H25N3O3. The fourth-order valence-corrected chi connectivity index (χ4v) is 5.15. The zero-order valence-corrected chi connectivity index (χ0v) is 15.4. The zero-order valence-electron chi connectivity index (χ0n) is 15.4. The van der Waals surface area contributed by atoms with E-state index in [0.717, 1.165) is 31.2 Å². The molecule has 1 fully saturated rings. The van der Waals surface area contributed by atoms with Crippen LogP contribution in [-0.2, 0) is 23.1 Å². The number of aromatic nitrogens is 2. The van der Waals surface area contributed by atoms with Gasteiger partial charge in [0.2, 0.25) is 0 Å². The van der Waals surface area contributed by atoms with Crippen LogP contribution < -0.4 is 16.6 Å². The average molecular weight is 367 g/mol. The Labute approximate surface area is 157 Å². The van der Waals surface area contributed by atoms with Gasteiger partial charge in [-0.1, -0.05) is 24.3 Å². The van der Waals surface area contributed by atoms with Gasteiger partial charge in [0.15, 0.2) is 0 Å². The monoisotopic (exact) mass is 367 g/mol. The van der Waals surface area contributed by atoms with E-state index < -0.39 is 0 Å². The summed E-state index contributed by atoms with van der Waals surface area (Å²) in [5, 5.41) is 3.59. The molecule has 2 aliphatic heterocycles. The molecule has 2 N–H and O–H groups in total. The molecule has 0 amide bonds. The van der Waals surface area contributed by atoms with Crippen LogP contribution in [0.25, 0.3) is 0 Å². The lowest BCUT2D eigenvalue weighted by Crippen LogP contribution is -2.48. The van der Waals surface area contributed by atoms with Gasteiger partial charge in [-0.25, -0.2) is 4.79 Å². The number of benzene rings is 1. The molecule has 6 nitrogen and oxygen atoms in total. The Kier molecular flexibility index (Phi) is 3.97. The maximum absolute atomic E-state index is 13.1. The quantitative estimate of drug-likeness (QED) is 0.812. The van der Waals surface area contributed by atoms with Crippen molar-refractivity contribution in [1.29, 1.82) is 0 Å². The van der Waals surface area contributed by atoms with Gasteiger partial charge in [0, 0.05) is 19.3 Å². The number of aryl methyl sites for hydroxylation is 1. The van der Waals surface area contributed by atoms with Crippen molar-refractivity contribution in [2.45, 2.75) is 56.5 Å². The minimum absolute atomic E-state index is 0.0633. The Hall–Kier alpha value is -2.34. The van der Waals surface area contributed by atoms with Crippen LogP contribution in [0.4, 0.5) is 5.82 Å². The summed E-state index contributed by atoms with van der Waals surface area (Å²) in [5.74, 6) is 0.622. The third-order valence-corrected chi connectivity index (χ3v) is 6.53. The summed E-state index contributed by atoms with van der Waals surface area (Å²) in [7, 11) is 0. The summed E-state index contributed by atoms with van der Waals surface area (Å²) in [4.78, 5) is 28.9. The molecule has 27 heavy (non-hydrogen) atoms. The van der Waals surface area contributed by atoms with Gasteiger partial charge < -0.3 is 10.1 Å². The molecule has 1 aliphatic carbocycles. The summed E-state index contributed by atoms with van der Waals surface area (Å²) >= 11 is 0. The SMILES string of the molecule is O=c1[nH]c2c(c(=O)n1C1CCOCC1)CC[C@@]1(CCCc3ccccc31)N2. The van der Waals surface area contributed by atoms with Crippen molar-refractivity contribution in [1.82, 2.24) is 9.55 Å². The number of anilines is 1. The average Bonchev–Trinajstić information content (AvgIpc) is 2.69.